The highest BCUT2D eigenvalue weighted by Gasteiger charge is 2.39. The van der Waals surface area contributed by atoms with Crippen LogP contribution in [-0.2, 0) is 23.8 Å². The van der Waals surface area contributed by atoms with Crippen molar-refractivity contribution < 1.29 is 38.5 Å². The first-order valence-electron chi connectivity index (χ1n) is 22.0. The number of piperidine rings is 2. The van der Waals surface area contributed by atoms with Crippen molar-refractivity contribution in [1.82, 2.24) is 19.8 Å². The number of hydrogen-bond donors (Lipinski definition) is 1. The molecule has 2 aromatic carbocycles. The van der Waals surface area contributed by atoms with Gasteiger partial charge in [0.15, 0.2) is 0 Å². The number of rotatable bonds is 4. The maximum atomic E-state index is 12.7. The largest absolute Gasteiger partial charge is 0.478 e. The lowest BCUT2D eigenvalue weighted by Gasteiger charge is -2.37. The average Bonchev–Trinajstić information content (AvgIpc) is 3.49. The maximum absolute atomic E-state index is 12.7. The van der Waals surface area contributed by atoms with E-state index in [-0.39, 0.29) is 56.3 Å². The molecule has 12 nitrogen and oxygen atoms in total. The second kappa shape index (κ2) is 21.5. The van der Waals surface area contributed by atoms with Crippen molar-refractivity contribution in [2.24, 2.45) is 11.8 Å². The van der Waals surface area contributed by atoms with Crippen molar-refractivity contribution in [3.8, 4) is 0 Å². The molecule has 2 aliphatic carbocycles. The van der Waals surface area contributed by atoms with E-state index >= 15 is 0 Å². The van der Waals surface area contributed by atoms with Crippen LogP contribution < -0.4 is 0 Å². The first kappa shape index (κ1) is 52.3. The number of carbonyl (C=O) groups is 4. The quantitative estimate of drug-likeness (QED) is 0.155. The van der Waals surface area contributed by atoms with Crippen LogP contribution >= 0.6 is 23.2 Å². The SMILES string of the molecule is C.C.CC(C)(C)OC(=O)N1CCC(C2c3ccc(Cl)cc3C=C(C(=O)O)c3cccnc32)CC1.COC(=O)C1=Cc2cc(Cl)ccc2C(C2CCN(C(=O)OC(C)(C)C)CC2)c2ncccc21. The number of aliphatic carboxylic acids is 1. The fraction of sp³-hybridized carbons (Fsp3) is 0.434. The third-order valence-electron chi connectivity index (χ3n) is 12.2. The summed E-state index contributed by atoms with van der Waals surface area (Å²) in [5.41, 5.74) is 6.43. The van der Waals surface area contributed by atoms with Crippen molar-refractivity contribution >= 4 is 70.6 Å². The average molecular weight is 956 g/mol. The smallest absolute Gasteiger partial charge is 0.410 e. The van der Waals surface area contributed by atoms with Crippen molar-refractivity contribution in [3.63, 3.8) is 0 Å². The fourth-order valence-electron chi connectivity index (χ4n) is 9.35. The van der Waals surface area contributed by atoms with Crippen LogP contribution in [0.15, 0.2) is 73.1 Å². The summed E-state index contributed by atoms with van der Waals surface area (Å²) in [5, 5.41) is 11.1. The number of hydrogen-bond acceptors (Lipinski definition) is 9. The van der Waals surface area contributed by atoms with Crippen LogP contribution in [0.2, 0.25) is 10.0 Å². The van der Waals surface area contributed by atoms with E-state index in [9.17, 15) is 24.3 Å². The molecule has 0 saturated carbocycles. The van der Waals surface area contributed by atoms with Gasteiger partial charge in [0.1, 0.15) is 11.2 Å². The zero-order valence-corrected chi connectivity index (χ0v) is 39.4. The number of carbonyl (C=O) groups excluding carboxylic acids is 3. The van der Waals surface area contributed by atoms with E-state index in [0.717, 1.165) is 64.9 Å². The maximum Gasteiger partial charge on any atom is 0.410 e. The van der Waals surface area contributed by atoms with Gasteiger partial charge < -0.3 is 29.1 Å². The molecule has 2 fully saturated rings. The molecule has 2 unspecified atom stereocenters. The summed E-state index contributed by atoms with van der Waals surface area (Å²) in [6.07, 6.45) is 9.59. The molecule has 2 aliphatic heterocycles. The second-order valence-electron chi connectivity index (χ2n) is 18.9. The number of ether oxygens (including phenoxy) is 3. The first-order chi connectivity index (χ1) is 30.8. The van der Waals surface area contributed by atoms with E-state index in [0.29, 0.717) is 47.4 Å². The van der Waals surface area contributed by atoms with Gasteiger partial charge in [-0.15, -0.1) is 0 Å². The number of likely N-dealkylation sites (tertiary alicyclic amines) is 2. The number of methoxy groups -OCH3 is 1. The number of amides is 2. The molecule has 2 aromatic heterocycles. The number of nitrogens with zero attached hydrogens (tertiary/aromatic N) is 4. The highest BCUT2D eigenvalue weighted by Crippen LogP contribution is 2.47. The number of esters is 1. The van der Waals surface area contributed by atoms with Crippen LogP contribution in [0.4, 0.5) is 9.59 Å². The monoisotopic (exact) mass is 954 g/mol. The van der Waals surface area contributed by atoms with Gasteiger partial charge in [-0.25, -0.2) is 19.2 Å². The molecule has 4 heterocycles. The van der Waals surface area contributed by atoms with Crippen LogP contribution in [0.3, 0.4) is 0 Å². The number of aromatic nitrogens is 2. The number of pyridine rings is 2. The number of benzene rings is 2. The highest BCUT2D eigenvalue weighted by molar-refractivity contribution is 6.31. The van der Waals surface area contributed by atoms with E-state index in [1.54, 1.807) is 34.3 Å². The standard InChI is InChI=1S/C26H29ClN2O4.C25H27ClN2O4.2CH4/c1-26(2,3)33-25(31)29-12-9-16(10-13-29)22-19-8-7-18(27)14-17(19)15-21(24(30)32-4)20-6-5-11-28-23(20)22;1-25(2,3)32-24(31)28-11-8-15(9-12-28)21-18-7-6-17(26)13-16(18)14-20(23(29)30)19-5-4-10-27-22(19)21;;/h5-8,11,14-16,22H,9-10,12-13H2,1-4H3;4-7,10,13-15,21H,8-9,11-12H2,1-3H3,(H,29,30);2*1H4. The van der Waals surface area contributed by atoms with Crippen molar-refractivity contribution in [3.05, 3.63) is 128 Å². The Hall–Kier alpha value is -5.72. The minimum atomic E-state index is -0.995. The van der Waals surface area contributed by atoms with Crippen molar-refractivity contribution in [2.75, 3.05) is 33.3 Å². The number of halogens is 2. The molecular formula is C53H64Cl2N4O8. The molecule has 0 radical (unpaired) electrons. The van der Waals surface area contributed by atoms with E-state index in [4.69, 9.17) is 42.4 Å². The molecule has 2 amide bonds. The Bertz CT molecular complexity index is 2530. The van der Waals surface area contributed by atoms with Gasteiger partial charge in [-0.05, 0) is 150 Å². The molecule has 358 valence electrons. The molecule has 8 rings (SSSR count). The van der Waals surface area contributed by atoms with E-state index in [1.807, 2.05) is 102 Å². The van der Waals surface area contributed by atoms with E-state index < -0.39 is 23.1 Å². The van der Waals surface area contributed by atoms with Crippen molar-refractivity contribution in [1.29, 1.82) is 0 Å². The van der Waals surface area contributed by atoms with Gasteiger partial charge in [-0.2, -0.15) is 0 Å². The predicted molar refractivity (Wildman–Crippen MR) is 265 cm³/mol. The predicted octanol–water partition coefficient (Wildman–Crippen LogP) is 12.3. The Morgan fingerprint density at radius 2 is 1.01 bits per heavy atom. The van der Waals surface area contributed by atoms with Crippen LogP contribution in [0, 0.1) is 11.8 Å². The summed E-state index contributed by atoms with van der Waals surface area (Å²) in [5.74, 6) is -1.09. The Morgan fingerprint density at radius 3 is 1.39 bits per heavy atom. The molecule has 1 N–H and O–H groups in total. The van der Waals surface area contributed by atoms with Gasteiger partial charge in [-0.3, -0.25) is 9.97 Å². The van der Waals surface area contributed by atoms with Gasteiger partial charge in [0.25, 0.3) is 0 Å². The number of carboxylic acids is 1. The molecule has 0 spiro atoms. The highest BCUT2D eigenvalue weighted by atomic mass is 35.5. The lowest BCUT2D eigenvalue weighted by molar-refractivity contribution is -0.133. The van der Waals surface area contributed by atoms with Crippen LogP contribution in [0.25, 0.3) is 23.3 Å². The number of fused-ring (bicyclic) bond motifs is 4. The fourth-order valence-corrected chi connectivity index (χ4v) is 9.71. The summed E-state index contributed by atoms with van der Waals surface area (Å²) in [6, 6.07) is 18.7. The topological polar surface area (TPSA) is 148 Å². The summed E-state index contributed by atoms with van der Waals surface area (Å²) in [7, 11) is 1.38. The minimum Gasteiger partial charge on any atom is -0.478 e. The van der Waals surface area contributed by atoms with Crippen LogP contribution in [0.5, 0.6) is 0 Å². The Kier molecular flexibility index (Phi) is 16.8. The zero-order valence-electron chi connectivity index (χ0n) is 37.9. The molecule has 2 atom stereocenters. The zero-order chi connectivity index (χ0) is 46.8. The first-order valence-corrected chi connectivity index (χ1v) is 22.8. The molecule has 4 aromatic rings. The van der Waals surface area contributed by atoms with Gasteiger partial charge in [0, 0.05) is 71.6 Å². The number of carboxylic acid groups (broad SMARTS) is 1. The summed E-state index contributed by atoms with van der Waals surface area (Å²) >= 11 is 12.6. The van der Waals surface area contributed by atoms with Crippen LogP contribution in [0.1, 0.15) is 139 Å². The third-order valence-corrected chi connectivity index (χ3v) is 12.6. The van der Waals surface area contributed by atoms with Gasteiger partial charge in [0.05, 0.1) is 29.6 Å². The van der Waals surface area contributed by atoms with Crippen LogP contribution in [-0.4, -0.2) is 93.5 Å². The summed E-state index contributed by atoms with van der Waals surface area (Å²) < 4.78 is 16.2. The molecule has 0 bridgehead atoms. The molecular weight excluding hydrogens is 892 g/mol. The van der Waals surface area contributed by atoms with Gasteiger partial charge in [0.2, 0.25) is 0 Å². The summed E-state index contributed by atoms with van der Waals surface area (Å²) in [4.78, 5) is 62.8. The Balaban J connectivity index is 0.000000244. The second-order valence-corrected chi connectivity index (χ2v) is 19.8. The van der Waals surface area contributed by atoms with Crippen molar-refractivity contribution in [2.45, 2.75) is 105 Å². The minimum absolute atomic E-state index is 0. The van der Waals surface area contributed by atoms with E-state index in [1.165, 1.54) is 7.11 Å². The van der Waals surface area contributed by atoms with E-state index in [2.05, 4.69) is 4.98 Å². The molecule has 67 heavy (non-hydrogen) atoms. The van der Waals surface area contributed by atoms with Gasteiger partial charge in [-0.1, -0.05) is 62.3 Å². The molecule has 4 aliphatic rings. The Labute approximate surface area is 405 Å². The summed E-state index contributed by atoms with van der Waals surface area (Å²) in [6.45, 7) is 13.6. The molecule has 2 saturated heterocycles. The Morgan fingerprint density at radius 1 is 0.627 bits per heavy atom. The normalized spacial score (nSPS) is 18.1. The third kappa shape index (κ3) is 12.1. The lowest BCUT2D eigenvalue weighted by Crippen LogP contribution is -2.42. The molecule has 14 heteroatoms. The van der Waals surface area contributed by atoms with Gasteiger partial charge >= 0.3 is 24.1 Å². The lowest BCUT2D eigenvalue weighted by atomic mass is 9.76.